The van der Waals surface area contributed by atoms with Crippen LogP contribution in [0.2, 0.25) is 0 Å². The number of fused-ring (bicyclic) bond motifs is 1. The van der Waals surface area contributed by atoms with Gasteiger partial charge in [-0.05, 0) is 24.1 Å². The normalized spacial score (nSPS) is 16.0. The lowest BCUT2D eigenvalue weighted by atomic mass is 9.90. The van der Waals surface area contributed by atoms with Crippen LogP contribution in [0, 0.1) is 0 Å². The second-order valence-corrected chi connectivity index (χ2v) is 7.22. The number of amides is 1. The minimum absolute atomic E-state index is 0.0477. The fourth-order valence-corrected chi connectivity index (χ4v) is 3.61. The number of nitrogens with one attached hydrogen (secondary N) is 4. The van der Waals surface area contributed by atoms with Gasteiger partial charge in [-0.15, -0.1) is 0 Å². The Morgan fingerprint density at radius 2 is 1.93 bits per heavy atom. The fraction of sp³-hybridized carbons (Fsp3) is 0.261. The van der Waals surface area contributed by atoms with E-state index in [1.165, 1.54) is 0 Å². The summed E-state index contributed by atoms with van der Waals surface area (Å²) in [6.07, 6.45) is 2.29. The van der Waals surface area contributed by atoms with Crippen molar-refractivity contribution >= 4 is 17.6 Å². The standard InChI is InChI=1S/C23H26N6O/c1-2-24-23(26-13-17-12-22(30)29-19-11-7-6-10-18(17)19)27-15-21-25-14-20(28-21)16-8-4-3-5-9-16/h3-11,14,17H,2,12-13,15H2,1H3,(H,25,28)(H,29,30)(H2,24,26,27). The number of aromatic nitrogens is 2. The molecule has 2 heterocycles. The summed E-state index contributed by atoms with van der Waals surface area (Å²) in [7, 11) is 0. The van der Waals surface area contributed by atoms with Gasteiger partial charge in [0.2, 0.25) is 5.91 Å². The summed E-state index contributed by atoms with van der Waals surface area (Å²) >= 11 is 0. The van der Waals surface area contributed by atoms with E-state index in [4.69, 9.17) is 0 Å². The number of imidazole rings is 1. The van der Waals surface area contributed by atoms with Crippen molar-refractivity contribution in [2.75, 3.05) is 18.4 Å². The van der Waals surface area contributed by atoms with Crippen LogP contribution in [0.1, 0.15) is 30.7 Å². The lowest BCUT2D eigenvalue weighted by Gasteiger charge is -2.26. The van der Waals surface area contributed by atoms with Gasteiger partial charge in [0.25, 0.3) is 0 Å². The quantitative estimate of drug-likeness (QED) is 0.376. The largest absolute Gasteiger partial charge is 0.357 e. The molecular formula is C23H26N6O. The highest BCUT2D eigenvalue weighted by Crippen LogP contribution is 2.31. The Morgan fingerprint density at radius 3 is 2.77 bits per heavy atom. The van der Waals surface area contributed by atoms with E-state index in [0.29, 0.717) is 25.5 Å². The number of anilines is 1. The van der Waals surface area contributed by atoms with Crippen molar-refractivity contribution in [3.8, 4) is 11.3 Å². The Bertz CT molecular complexity index is 1030. The number of carbonyl (C=O) groups is 1. The Hall–Kier alpha value is -3.61. The van der Waals surface area contributed by atoms with Crippen LogP contribution in [-0.4, -0.2) is 34.9 Å². The molecular weight excluding hydrogens is 376 g/mol. The van der Waals surface area contributed by atoms with Gasteiger partial charge in [0.05, 0.1) is 11.9 Å². The molecule has 7 heteroatoms. The molecule has 1 aromatic heterocycles. The number of nitrogens with zero attached hydrogens (tertiary/aromatic N) is 2. The minimum Gasteiger partial charge on any atom is -0.357 e. The Morgan fingerprint density at radius 1 is 1.13 bits per heavy atom. The highest BCUT2D eigenvalue weighted by Gasteiger charge is 2.24. The molecule has 1 aliphatic rings. The summed E-state index contributed by atoms with van der Waals surface area (Å²) in [4.78, 5) is 24.5. The molecule has 2 aromatic carbocycles. The van der Waals surface area contributed by atoms with Crippen molar-refractivity contribution in [1.29, 1.82) is 0 Å². The number of para-hydroxylation sites is 1. The van der Waals surface area contributed by atoms with E-state index in [0.717, 1.165) is 34.9 Å². The Kier molecular flexibility index (Phi) is 6.08. The van der Waals surface area contributed by atoms with E-state index >= 15 is 0 Å². The molecule has 0 aliphatic carbocycles. The minimum atomic E-state index is 0.0477. The maximum Gasteiger partial charge on any atom is 0.225 e. The first-order valence-electron chi connectivity index (χ1n) is 10.2. The van der Waals surface area contributed by atoms with Crippen LogP contribution in [0.4, 0.5) is 5.69 Å². The molecule has 154 valence electrons. The molecule has 3 aromatic rings. The molecule has 1 unspecified atom stereocenters. The van der Waals surface area contributed by atoms with Gasteiger partial charge in [-0.25, -0.2) is 9.98 Å². The zero-order valence-electron chi connectivity index (χ0n) is 17.0. The molecule has 1 atom stereocenters. The summed E-state index contributed by atoms with van der Waals surface area (Å²) in [5, 5.41) is 9.58. The van der Waals surface area contributed by atoms with Gasteiger partial charge in [0.15, 0.2) is 5.96 Å². The molecule has 0 spiro atoms. The number of hydrogen-bond acceptors (Lipinski definition) is 3. The van der Waals surface area contributed by atoms with Crippen molar-refractivity contribution in [2.24, 2.45) is 4.99 Å². The van der Waals surface area contributed by atoms with Crippen molar-refractivity contribution < 1.29 is 4.79 Å². The molecule has 0 bridgehead atoms. The average Bonchev–Trinajstić information content (AvgIpc) is 3.25. The number of H-pyrrole nitrogens is 1. The molecule has 0 radical (unpaired) electrons. The van der Waals surface area contributed by atoms with Crippen molar-refractivity contribution in [1.82, 2.24) is 20.6 Å². The maximum atomic E-state index is 12.0. The van der Waals surface area contributed by atoms with E-state index in [-0.39, 0.29) is 11.8 Å². The smallest absolute Gasteiger partial charge is 0.225 e. The summed E-state index contributed by atoms with van der Waals surface area (Å²) < 4.78 is 0. The summed E-state index contributed by atoms with van der Waals surface area (Å²) in [6, 6.07) is 18.1. The van der Waals surface area contributed by atoms with Gasteiger partial charge in [-0.1, -0.05) is 48.5 Å². The molecule has 0 saturated heterocycles. The number of carbonyl (C=O) groups excluding carboxylic acids is 1. The van der Waals surface area contributed by atoms with Crippen molar-refractivity contribution in [2.45, 2.75) is 25.8 Å². The first-order chi connectivity index (χ1) is 14.7. The van der Waals surface area contributed by atoms with Crippen LogP contribution in [0.25, 0.3) is 11.3 Å². The number of aliphatic imine (C=N–C) groups is 1. The predicted octanol–water partition coefficient (Wildman–Crippen LogP) is 3.26. The van der Waals surface area contributed by atoms with E-state index in [9.17, 15) is 4.79 Å². The van der Waals surface area contributed by atoms with E-state index in [2.05, 4.69) is 37.0 Å². The van der Waals surface area contributed by atoms with Crippen LogP contribution in [0.5, 0.6) is 0 Å². The number of aromatic amines is 1. The lowest BCUT2D eigenvalue weighted by molar-refractivity contribution is -0.116. The van der Waals surface area contributed by atoms with Crippen LogP contribution in [0.3, 0.4) is 0 Å². The number of hydrogen-bond donors (Lipinski definition) is 4. The summed E-state index contributed by atoms with van der Waals surface area (Å²) in [5.74, 6) is 1.66. The zero-order valence-corrected chi connectivity index (χ0v) is 17.0. The third-order valence-electron chi connectivity index (χ3n) is 5.07. The number of guanidine groups is 1. The maximum absolute atomic E-state index is 12.0. The first-order valence-corrected chi connectivity index (χ1v) is 10.2. The lowest BCUT2D eigenvalue weighted by Crippen LogP contribution is -2.40. The SMILES string of the molecule is CCNC(=NCc1ncc(-c2ccccc2)[nH]1)NCC1CC(=O)Nc2ccccc21. The van der Waals surface area contributed by atoms with Gasteiger partial charge in [0, 0.05) is 31.1 Å². The predicted molar refractivity (Wildman–Crippen MR) is 119 cm³/mol. The Balaban J connectivity index is 1.41. The molecule has 4 N–H and O–H groups in total. The third kappa shape index (κ3) is 4.68. The van der Waals surface area contributed by atoms with E-state index in [1.807, 2.05) is 61.7 Å². The third-order valence-corrected chi connectivity index (χ3v) is 5.07. The average molecular weight is 403 g/mol. The molecule has 0 saturated carbocycles. The Labute approximate surface area is 176 Å². The second kappa shape index (κ2) is 9.26. The molecule has 1 amide bonds. The highest BCUT2D eigenvalue weighted by atomic mass is 16.1. The fourth-order valence-electron chi connectivity index (χ4n) is 3.61. The van der Waals surface area contributed by atoms with Crippen LogP contribution in [-0.2, 0) is 11.3 Å². The number of benzene rings is 2. The van der Waals surface area contributed by atoms with Crippen LogP contribution < -0.4 is 16.0 Å². The van der Waals surface area contributed by atoms with Gasteiger partial charge in [-0.3, -0.25) is 4.79 Å². The second-order valence-electron chi connectivity index (χ2n) is 7.22. The van der Waals surface area contributed by atoms with Crippen LogP contribution >= 0.6 is 0 Å². The first kappa shape index (κ1) is 19.7. The van der Waals surface area contributed by atoms with Crippen LogP contribution in [0.15, 0.2) is 65.8 Å². The summed E-state index contributed by atoms with van der Waals surface area (Å²) in [6.45, 7) is 3.84. The van der Waals surface area contributed by atoms with E-state index in [1.54, 1.807) is 0 Å². The molecule has 7 nitrogen and oxygen atoms in total. The molecule has 4 rings (SSSR count). The topological polar surface area (TPSA) is 94.2 Å². The zero-order chi connectivity index (χ0) is 20.8. The number of rotatable bonds is 6. The van der Waals surface area contributed by atoms with Gasteiger partial charge >= 0.3 is 0 Å². The molecule has 1 aliphatic heterocycles. The van der Waals surface area contributed by atoms with Crippen molar-refractivity contribution in [3.05, 3.63) is 72.2 Å². The summed E-state index contributed by atoms with van der Waals surface area (Å²) in [5.41, 5.74) is 4.12. The molecule has 0 fully saturated rings. The molecule has 30 heavy (non-hydrogen) atoms. The van der Waals surface area contributed by atoms with Gasteiger partial charge in [-0.2, -0.15) is 0 Å². The highest BCUT2D eigenvalue weighted by molar-refractivity contribution is 5.94. The van der Waals surface area contributed by atoms with Gasteiger partial charge < -0.3 is 20.9 Å². The van der Waals surface area contributed by atoms with Gasteiger partial charge in [0.1, 0.15) is 12.4 Å². The monoisotopic (exact) mass is 402 g/mol. The van der Waals surface area contributed by atoms with E-state index < -0.39 is 0 Å². The van der Waals surface area contributed by atoms with Crippen molar-refractivity contribution in [3.63, 3.8) is 0 Å².